The van der Waals surface area contributed by atoms with Crippen LogP contribution in [0.5, 0.6) is 11.5 Å². The summed E-state index contributed by atoms with van der Waals surface area (Å²) in [6.07, 6.45) is 1.43. The van der Waals surface area contributed by atoms with Crippen molar-refractivity contribution < 1.29 is 23.9 Å². The lowest BCUT2D eigenvalue weighted by Crippen LogP contribution is -2.39. The van der Waals surface area contributed by atoms with Crippen LogP contribution in [0.3, 0.4) is 0 Å². The second kappa shape index (κ2) is 6.23. The molecule has 2 aromatic carbocycles. The number of benzene rings is 2. The summed E-state index contributed by atoms with van der Waals surface area (Å²) in [4.78, 5) is 39.5. The van der Waals surface area contributed by atoms with Gasteiger partial charge in [0.05, 0.1) is 19.9 Å². The van der Waals surface area contributed by atoms with Gasteiger partial charge < -0.3 is 14.4 Å². The molecule has 0 bridgehead atoms. The molecule has 1 unspecified atom stereocenters. The minimum absolute atomic E-state index is 0.162. The van der Waals surface area contributed by atoms with Gasteiger partial charge in [0.25, 0.3) is 0 Å². The van der Waals surface area contributed by atoms with Crippen molar-refractivity contribution in [2.45, 2.75) is 12.8 Å². The number of amides is 1. The Balaban J connectivity index is 1.73. The van der Waals surface area contributed by atoms with Crippen LogP contribution in [0.2, 0.25) is 0 Å². The SMILES string of the molecule is COc1ccc(N2CCC3(Cc4c(OC)cccc4C3=O)C2=O)c(C=O)c1. The topological polar surface area (TPSA) is 72.9 Å². The minimum Gasteiger partial charge on any atom is -0.497 e. The standard InChI is InChI=1S/C21H19NO5/c1-26-14-6-7-17(13(10-14)12-23)22-9-8-21(20(22)25)11-16-15(19(21)24)4-3-5-18(16)27-2/h3-7,10,12H,8-9,11H2,1-2H3. The highest BCUT2D eigenvalue weighted by atomic mass is 16.5. The molecule has 27 heavy (non-hydrogen) atoms. The monoisotopic (exact) mass is 365 g/mol. The number of ether oxygens (including phenoxy) is 2. The summed E-state index contributed by atoms with van der Waals surface area (Å²) in [6.45, 7) is 0.383. The van der Waals surface area contributed by atoms with Crippen LogP contribution in [-0.2, 0) is 11.2 Å². The van der Waals surface area contributed by atoms with E-state index in [1.54, 1.807) is 48.4 Å². The molecule has 1 atom stereocenters. The van der Waals surface area contributed by atoms with Gasteiger partial charge in [0.2, 0.25) is 5.91 Å². The van der Waals surface area contributed by atoms with Crippen molar-refractivity contribution in [2.24, 2.45) is 5.41 Å². The van der Waals surface area contributed by atoms with Crippen molar-refractivity contribution >= 4 is 23.7 Å². The number of aldehydes is 1. The number of hydrogen-bond donors (Lipinski definition) is 0. The molecule has 6 heteroatoms. The third kappa shape index (κ3) is 2.36. The predicted molar refractivity (Wildman–Crippen MR) is 98.8 cm³/mol. The highest BCUT2D eigenvalue weighted by molar-refractivity contribution is 6.23. The Morgan fingerprint density at radius 2 is 1.93 bits per heavy atom. The van der Waals surface area contributed by atoms with Crippen LogP contribution in [0, 0.1) is 5.41 Å². The number of ketones is 1. The smallest absolute Gasteiger partial charge is 0.241 e. The third-order valence-electron chi connectivity index (χ3n) is 5.58. The number of carbonyl (C=O) groups excluding carboxylic acids is 3. The first-order valence-electron chi connectivity index (χ1n) is 8.71. The molecule has 1 fully saturated rings. The fourth-order valence-electron chi connectivity index (χ4n) is 4.17. The van der Waals surface area contributed by atoms with E-state index >= 15 is 0 Å². The maximum atomic E-state index is 13.3. The van der Waals surface area contributed by atoms with E-state index in [-0.39, 0.29) is 11.7 Å². The van der Waals surface area contributed by atoms with Crippen molar-refractivity contribution in [3.05, 3.63) is 53.1 Å². The molecule has 0 aromatic heterocycles. The van der Waals surface area contributed by atoms with Gasteiger partial charge in [-0.05, 0) is 37.1 Å². The van der Waals surface area contributed by atoms with Gasteiger partial charge in [-0.25, -0.2) is 0 Å². The molecular formula is C21H19NO5. The molecule has 2 aromatic rings. The summed E-state index contributed by atoms with van der Waals surface area (Å²) in [6, 6.07) is 10.3. The van der Waals surface area contributed by atoms with Gasteiger partial charge in [-0.1, -0.05) is 12.1 Å². The summed E-state index contributed by atoms with van der Waals surface area (Å²) in [5.41, 5.74) is 1.08. The Morgan fingerprint density at radius 1 is 1.11 bits per heavy atom. The lowest BCUT2D eigenvalue weighted by molar-refractivity contribution is -0.123. The molecule has 1 aliphatic heterocycles. The first kappa shape index (κ1) is 17.3. The molecule has 6 nitrogen and oxygen atoms in total. The minimum atomic E-state index is -1.11. The van der Waals surface area contributed by atoms with E-state index in [2.05, 4.69) is 0 Å². The van der Waals surface area contributed by atoms with Crippen LogP contribution < -0.4 is 14.4 Å². The molecule has 1 spiro atoms. The first-order valence-corrected chi connectivity index (χ1v) is 8.71. The van der Waals surface area contributed by atoms with E-state index in [0.29, 0.717) is 54.0 Å². The van der Waals surface area contributed by atoms with Crippen LogP contribution in [0.25, 0.3) is 0 Å². The van der Waals surface area contributed by atoms with Crippen LogP contribution >= 0.6 is 0 Å². The van der Waals surface area contributed by atoms with Crippen molar-refractivity contribution in [1.29, 1.82) is 0 Å². The first-order chi connectivity index (χ1) is 13.1. The number of nitrogens with zero attached hydrogens (tertiary/aromatic N) is 1. The number of rotatable bonds is 4. The fraction of sp³-hybridized carbons (Fsp3) is 0.286. The van der Waals surface area contributed by atoms with Gasteiger partial charge in [0.15, 0.2) is 12.1 Å². The summed E-state index contributed by atoms with van der Waals surface area (Å²) in [5, 5.41) is 0. The van der Waals surface area contributed by atoms with Gasteiger partial charge in [-0.2, -0.15) is 0 Å². The molecule has 1 heterocycles. The molecule has 1 aliphatic carbocycles. The Bertz CT molecular complexity index is 967. The number of hydrogen-bond acceptors (Lipinski definition) is 5. The normalized spacial score (nSPS) is 20.9. The maximum Gasteiger partial charge on any atom is 0.241 e. The lowest BCUT2D eigenvalue weighted by Gasteiger charge is -2.22. The molecule has 2 aliphatic rings. The van der Waals surface area contributed by atoms with E-state index in [9.17, 15) is 14.4 Å². The van der Waals surface area contributed by atoms with Crippen molar-refractivity contribution in [3.63, 3.8) is 0 Å². The molecule has 0 N–H and O–H groups in total. The van der Waals surface area contributed by atoms with E-state index < -0.39 is 5.41 Å². The number of Topliss-reactive ketones (excluding diaryl/α,β-unsaturated/α-hetero) is 1. The lowest BCUT2D eigenvalue weighted by atomic mass is 9.82. The Hall–Kier alpha value is -3.15. The van der Waals surface area contributed by atoms with Crippen LogP contribution in [0.15, 0.2) is 36.4 Å². The van der Waals surface area contributed by atoms with Crippen molar-refractivity contribution in [1.82, 2.24) is 0 Å². The highest BCUT2D eigenvalue weighted by Gasteiger charge is 2.57. The highest BCUT2D eigenvalue weighted by Crippen LogP contribution is 2.48. The van der Waals surface area contributed by atoms with E-state index in [1.807, 2.05) is 0 Å². The van der Waals surface area contributed by atoms with E-state index in [4.69, 9.17) is 9.47 Å². The average molecular weight is 365 g/mol. The molecule has 1 amide bonds. The summed E-state index contributed by atoms with van der Waals surface area (Å²) < 4.78 is 10.5. The van der Waals surface area contributed by atoms with Crippen LogP contribution in [0.4, 0.5) is 5.69 Å². The fourth-order valence-corrected chi connectivity index (χ4v) is 4.17. The second-order valence-electron chi connectivity index (χ2n) is 6.82. The molecule has 0 radical (unpaired) electrons. The zero-order valence-corrected chi connectivity index (χ0v) is 15.2. The Kier molecular flexibility index (Phi) is 3.98. The van der Waals surface area contributed by atoms with Crippen molar-refractivity contribution in [3.8, 4) is 11.5 Å². The molecule has 138 valence electrons. The van der Waals surface area contributed by atoms with Gasteiger partial charge in [0, 0.05) is 23.2 Å². The van der Waals surface area contributed by atoms with Gasteiger partial charge in [-0.15, -0.1) is 0 Å². The average Bonchev–Trinajstić information content (AvgIpc) is 3.19. The predicted octanol–water partition coefficient (Wildman–Crippen LogP) is 2.68. The Morgan fingerprint density at radius 3 is 2.63 bits per heavy atom. The van der Waals surface area contributed by atoms with E-state index in [1.165, 1.54) is 7.11 Å². The molecule has 4 rings (SSSR count). The molecular weight excluding hydrogens is 346 g/mol. The number of fused-ring (bicyclic) bond motifs is 1. The third-order valence-corrected chi connectivity index (χ3v) is 5.58. The van der Waals surface area contributed by atoms with Gasteiger partial charge in [0.1, 0.15) is 16.9 Å². The van der Waals surface area contributed by atoms with Crippen LogP contribution in [-0.4, -0.2) is 38.7 Å². The summed E-state index contributed by atoms with van der Waals surface area (Å²) >= 11 is 0. The molecule has 0 saturated carbocycles. The quantitative estimate of drug-likeness (QED) is 0.615. The largest absolute Gasteiger partial charge is 0.497 e. The summed E-state index contributed by atoms with van der Waals surface area (Å²) in [5.74, 6) is 0.738. The number of anilines is 1. The zero-order valence-electron chi connectivity index (χ0n) is 15.2. The second-order valence-corrected chi connectivity index (χ2v) is 6.82. The van der Waals surface area contributed by atoms with E-state index in [0.717, 1.165) is 5.56 Å². The molecule has 1 saturated heterocycles. The zero-order chi connectivity index (χ0) is 19.2. The van der Waals surface area contributed by atoms with Crippen molar-refractivity contribution in [2.75, 3.05) is 25.7 Å². The number of methoxy groups -OCH3 is 2. The Labute approximate surface area is 156 Å². The summed E-state index contributed by atoms with van der Waals surface area (Å²) in [7, 11) is 3.07. The number of carbonyl (C=O) groups is 3. The van der Waals surface area contributed by atoms with Gasteiger partial charge >= 0.3 is 0 Å². The van der Waals surface area contributed by atoms with Crippen LogP contribution in [0.1, 0.15) is 32.7 Å². The maximum absolute atomic E-state index is 13.3. The van der Waals surface area contributed by atoms with Gasteiger partial charge in [-0.3, -0.25) is 14.4 Å².